The maximum absolute atomic E-state index is 11.7. The Morgan fingerprint density at radius 2 is 2.06 bits per heavy atom. The van der Waals surface area contributed by atoms with Crippen LogP contribution in [0.4, 0.5) is 0 Å². The van der Waals surface area contributed by atoms with E-state index in [0.717, 1.165) is 6.07 Å². The van der Waals surface area contributed by atoms with E-state index in [-0.39, 0.29) is 21.6 Å². The van der Waals surface area contributed by atoms with Crippen molar-refractivity contribution in [2.45, 2.75) is 31.3 Å². The molecule has 7 heteroatoms. The van der Waals surface area contributed by atoms with Gasteiger partial charge in [-0.25, -0.2) is 18.4 Å². The molecule has 0 heterocycles. The van der Waals surface area contributed by atoms with E-state index in [0.29, 0.717) is 6.42 Å². The molecule has 100 valence electrons. The summed E-state index contributed by atoms with van der Waals surface area (Å²) < 4.78 is 27.5. The summed E-state index contributed by atoms with van der Waals surface area (Å²) in [5, 5.41) is 5.09. The molecule has 1 unspecified atom stereocenters. The van der Waals surface area contributed by atoms with E-state index in [9.17, 15) is 13.2 Å². The zero-order valence-corrected chi connectivity index (χ0v) is 11.6. The second-order valence-electron chi connectivity index (χ2n) is 3.84. The molecular weight excluding hydrogens is 278 g/mol. The molecule has 0 amide bonds. The van der Waals surface area contributed by atoms with E-state index in [1.807, 2.05) is 6.92 Å². The third-order valence-electron chi connectivity index (χ3n) is 2.32. The van der Waals surface area contributed by atoms with Gasteiger partial charge in [-0.1, -0.05) is 18.5 Å². The van der Waals surface area contributed by atoms with E-state index in [2.05, 4.69) is 0 Å². The second-order valence-corrected chi connectivity index (χ2v) is 5.84. The normalized spacial score (nSPS) is 13.1. The van der Waals surface area contributed by atoms with Crippen LogP contribution in [0, 0.1) is 0 Å². The fourth-order valence-electron chi connectivity index (χ4n) is 1.18. The summed E-state index contributed by atoms with van der Waals surface area (Å²) in [6, 6.07) is 3.66. The lowest BCUT2D eigenvalue weighted by Crippen LogP contribution is -2.16. The molecule has 0 radical (unpaired) electrons. The minimum absolute atomic E-state index is 0.0619. The predicted molar refractivity (Wildman–Crippen MR) is 68.0 cm³/mol. The van der Waals surface area contributed by atoms with Crippen LogP contribution < -0.4 is 5.14 Å². The Morgan fingerprint density at radius 1 is 1.44 bits per heavy atom. The summed E-state index contributed by atoms with van der Waals surface area (Å²) in [6.45, 7) is 3.61. The van der Waals surface area contributed by atoms with Crippen molar-refractivity contribution >= 4 is 27.6 Å². The molecule has 1 aromatic carbocycles. The van der Waals surface area contributed by atoms with Gasteiger partial charge in [0.15, 0.2) is 0 Å². The molecule has 18 heavy (non-hydrogen) atoms. The van der Waals surface area contributed by atoms with E-state index in [1.165, 1.54) is 12.1 Å². The molecule has 2 N–H and O–H groups in total. The smallest absolute Gasteiger partial charge is 0.338 e. The minimum Gasteiger partial charge on any atom is -0.459 e. The van der Waals surface area contributed by atoms with Crippen molar-refractivity contribution in [2.24, 2.45) is 5.14 Å². The van der Waals surface area contributed by atoms with Crippen LogP contribution in [0.2, 0.25) is 5.02 Å². The Bertz CT molecular complexity index is 556. The first-order valence-corrected chi connectivity index (χ1v) is 7.21. The van der Waals surface area contributed by atoms with Crippen LogP contribution in [-0.2, 0) is 14.8 Å². The van der Waals surface area contributed by atoms with E-state index >= 15 is 0 Å². The number of nitrogens with two attached hydrogens (primary N) is 1. The summed E-state index contributed by atoms with van der Waals surface area (Å²) in [7, 11) is -3.91. The maximum atomic E-state index is 11.7. The minimum atomic E-state index is -3.91. The fraction of sp³-hybridized carbons (Fsp3) is 0.364. The van der Waals surface area contributed by atoms with Crippen LogP contribution in [0.3, 0.4) is 0 Å². The highest BCUT2D eigenvalue weighted by Crippen LogP contribution is 2.19. The van der Waals surface area contributed by atoms with Gasteiger partial charge in [0.1, 0.15) is 0 Å². The highest BCUT2D eigenvalue weighted by molar-refractivity contribution is 7.89. The molecule has 0 saturated carbocycles. The van der Waals surface area contributed by atoms with Gasteiger partial charge < -0.3 is 4.74 Å². The Hall–Kier alpha value is -1.11. The quantitative estimate of drug-likeness (QED) is 0.859. The first-order valence-electron chi connectivity index (χ1n) is 5.28. The first kappa shape index (κ1) is 14.9. The Labute approximate surface area is 111 Å². The van der Waals surface area contributed by atoms with Crippen molar-refractivity contribution in [3.63, 3.8) is 0 Å². The molecule has 5 nitrogen and oxygen atoms in total. The number of rotatable bonds is 4. The van der Waals surface area contributed by atoms with E-state index in [1.54, 1.807) is 6.92 Å². The number of esters is 1. The molecule has 0 bridgehead atoms. The third-order valence-corrected chi connectivity index (χ3v) is 3.43. The van der Waals surface area contributed by atoms with Gasteiger partial charge >= 0.3 is 5.97 Å². The number of halogens is 1. The number of carbonyl (C=O) groups is 1. The number of hydrogen-bond donors (Lipinski definition) is 1. The molecule has 0 saturated heterocycles. The third kappa shape index (κ3) is 3.97. The Kier molecular flexibility index (Phi) is 4.72. The average molecular weight is 292 g/mol. The SMILES string of the molecule is CCC(C)OC(=O)c1cc(Cl)cc(S(N)(=O)=O)c1. The summed E-state index contributed by atoms with van der Waals surface area (Å²) in [5.41, 5.74) is 0.0619. The number of carbonyl (C=O) groups excluding carboxylic acids is 1. The Morgan fingerprint density at radius 3 is 2.56 bits per heavy atom. The van der Waals surface area contributed by atoms with Gasteiger partial charge in [0.05, 0.1) is 16.6 Å². The van der Waals surface area contributed by atoms with Crippen LogP contribution in [0.5, 0.6) is 0 Å². The molecule has 0 spiro atoms. The van der Waals surface area contributed by atoms with Crippen LogP contribution in [0.15, 0.2) is 23.1 Å². The van der Waals surface area contributed by atoms with Crippen molar-refractivity contribution in [2.75, 3.05) is 0 Å². The van der Waals surface area contributed by atoms with Crippen LogP contribution in [0.25, 0.3) is 0 Å². The number of benzene rings is 1. The standard InChI is InChI=1S/C11H14ClNO4S/c1-3-7(2)17-11(14)8-4-9(12)6-10(5-8)18(13,15)16/h4-7H,3H2,1-2H3,(H2,13,15,16). The Balaban J connectivity index is 3.11. The second kappa shape index (κ2) is 5.69. The van der Waals surface area contributed by atoms with Crippen LogP contribution in [0.1, 0.15) is 30.6 Å². The molecule has 0 aliphatic rings. The topological polar surface area (TPSA) is 86.5 Å². The molecule has 1 rings (SSSR count). The van der Waals surface area contributed by atoms with Crippen molar-refractivity contribution in [3.05, 3.63) is 28.8 Å². The highest BCUT2D eigenvalue weighted by atomic mass is 35.5. The summed E-state index contributed by atoms with van der Waals surface area (Å²) in [4.78, 5) is 11.5. The molecule has 0 fully saturated rings. The first-order chi connectivity index (χ1) is 8.24. The van der Waals surface area contributed by atoms with Crippen molar-refractivity contribution in [1.29, 1.82) is 0 Å². The van der Waals surface area contributed by atoms with Gasteiger partial charge in [0, 0.05) is 5.02 Å². The number of primary sulfonamides is 1. The largest absolute Gasteiger partial charge is 0.459 e. The summed E-state index contributed by atoms with van der Waals surface area (Å²) >= 11 is 5.74. The lowest BCUT2D eigenvalue weighted by Gasteiger charge is -2.11. The molecule has 1 aromatic rings. The predicted octanol–water partition coefficient (Wildman–Crippen LogP) is 1.94. The van der Waals surface area contributed by atoms with E-state index in [4.69, 9.17) is 21.5 Å². The molecular formula is C11H14ClNO4S. The van der Waals surface area contributed by atoms with Crippen molar-refractivity contribution in [1.82, 2.24) is 0 Å². The van der Waals surface area contributed by atoms with Gasteiger partial charge in [-0.3, -0.25) is 0 Å². The zero-order valence-electron chi connectivity index (χ0n) is 10.0. The van der Waals surface area contributed by atoms with Gasteiger partial charge in [-0.05, 0) is 31.5 Å². The maximum Gasteiger partial charge on any atom is 0.338 e. The molecule has 1 atom stereocenters. The molecule has 0 aromatic heterocycles. The van der Waals surface area contributed by atoms with Gasteiger partial charge in [0.2, 0.25) is 10.0 Å². The number of ether oxygens (including phenoxy) is 1. The average Bonchev–Trinajstić information content (AvgIpc) is 2.26. The molecule has 0 aliphatic heterocycles. The lowest BCUT2D eigenvalue weighted by atomic mass is 10.2. The van der Waals surface area contributed by atoms with Crippen LogP contribution >= 0.6 is 11.6 Å². The monoisotopic (exact) mass is 291 g/mol. The van der Waals surface area contributed by atoms with Gasteiger partial charge in [-0.2, -0.15) is 0 Å². The zero-order chi connectivity index (χ0) is 13.9. The fourth-order valence-corrected chi connectivity index (χ4v) is 2.06. The van der Waals surface area contributed by atoms with Gasteiger partial charge in [0.25, 0.3) is 0 Å². The lowest BCUT2D eigenvalue weighted by molar-refractivity contribution is 0.0334. The number of hydrogen-bond acceptors (Lipinski definition) is 4. The van der Waals surface area contributed by atoms with Gasteiger partial charge in [-0.15, -0.1) is 0 Å². The summed E-state index contributed by atoms with van der Waals surface area (Å²) in [6.07, 6.45) is 0.406. The molecule has 0 aliphatic carbocycles. The summed E-state index contributed by atoms with van der Waals surface area (Å²) in [5.74, 6) is -0.628. The van der Waals surface area contributed by atoms with E-state index < -0.39 is 16.0 Å². The number of sulfonamides is 1. The van der Waals surface area contributed by atoms with Crippen LogP contribution in [-0.4, -0.2) is 20.5 Å². The highest BCUT2D eigenvalue weighted by Gasteiger charge is 2.16. The van der Waals surface area contributed by atoms with Crippen molar-refractivity contribution in [3.8, 4) is 0 Å². The van der Waals surface area contributed by atoms with Crippen molar-refractivity contribution < 1.29 is 17.9 Å².